The van der Waals surface area contributed by atoms with Crippen molar-refractivity contribution >= 4 is 6.03 Å². The van der Waals surface area contributed by atoms with Crippen LogP contribution in [0.4, 0.5) is 4.79 Å². The molecule has 0 aliphatic carbocycles. The van der Waals surface area contributed by atoms with Gasteiger partial charge >= 0.3 is 6.03 Å². The molecule has 3 N–H and O–H groups in total. The Morgan fingerprint density at radius 3 is 2.45 bits per heavy atom. The molecule has 2 atom stereocenters. The number of carbonyl (C=O) groups is 1. The summed E-state index contributed by atoms with van der Waals surface area (Å²) in [5, 5.41) is 15.8. The summed E-state index contributed by atoms with van der Waals surface area (Å²) in [6, 6.07) is 9.24. The Bertz CT molecular complexity index is 393. The summed E-state index contributed by atoms with van der Waals surface area (Å²) in [6.07, 6.45) is 0.915. The molecule has 1 aromatic rings. The Morgan fingerprint density at radius 2 is 1.85 bits per heavy atom. The number of urea groups is 1. The summed E-state index contributed by atoms with van der Waals surface area (Å²) >= 11 is 0. The van der Waals surface area contributed by atoms with Gasteiger partial charge in [-0.25, -0.2) is 4.79 Å². The van der Waals surface area contributed by atoms with Crippen LogP contribution in [0.15, 0.2) is 30.3 Å². The molecule has 0 aliphatic heterocycles. The summed E-state index contributed by atoms with van der Waals surface area (Å²) in [4.78, 5) is 11.6. The highest BCUT2D eigenvalue weighted by molar-refractivity contribution is 5.74. The first kappa shape index (κ1) is 16.5. The monoisotopic (exact) mass is 278 g/mol. The first-order valence-electron chi connectivity index (χ1n) is 7.26. The van der Waals surface area contributed by atoms with Crippen molar-refractivity contribution in [3.63, 3.8) is 0 Å². The van der Waals surface area contributed by atoms with Gasteiger partial charge in [-0.3, -0.25) is 0 Å². The highest BCUT2D eigenvalue weighted by Crippen LogP contribution is 2.17. The van der Waals surface area contributed by atoms with E-state index < -0.39 is 6.10 Å². The van der Waals surface area contributed by atoms with Crippen LogP contribution in [0.2, 0.25) is 0 Å². The summed E-state index contributed by atoms with van der Waals surface area (Å²) in [5.74, 6) is 0.577. The molecule has 0 saturated carbocycles. The average molecular weight is 278 g/mol. The molecule has 4 nitrogen and oxygen atoms in total. The molecule has 0 aromatic heterocycles. The number of hydrogen-bond donors (Lipinski definition) is 3. The van der Waals surface area contributed by atoms with Crippen molar-refractivity contribution in [2.45, 2.75) is 45.8 Å². The molecule has 0 radical (unpaired) electrons. The normalized spacial score (nSPS) is 13.8. The van der Waals surface area contributed by atoms with Crippen molar-refractivity contribution in [3.8, 4) is 0 Å². The van der Waals surface area contributed by atoms with Crippen molar-refractivity contribution in [2.75, 3.05) is 6.54 Å². The lowest BCUT2D eigenvalue weighted by atomic mass is 10.0. The molecule has 0 heterocycles. The number of hydrogen-bond acceptors (Lipinski definition) is 2. The fourth-order valence-corrected chi connectivity index (χ4v) is 1.95. The molecule has 2 unspecified atom stereocenters. The predicted molar refractivity (Wildman–Crippen MR) is 81.5 cm³/mol. The molecule has 1 rings (SSSR count). The molecule has 0 aliphatic rings. The second-order valence-corrected chi connectivity index (χ2v) is 5.65. The number of nitrogens with one attached hydrogen (secondary N) is 2. The zero-order chi connectivity index (χ0) is 15.0. The van der Waals surface area contributed by atoms with Crippen LogP contribution in [-0.2, 0) is 0 Å². The second-order valence-electron chi connectivity index (χ2n) is 5.65. The third-order valence-corrected chi connectivity index (χ3v) is 3.15. The van der Waals surface area contributed by atoms with Crippen LogP contribution in [0, 0.1) is 5.92 Å². The topological polar surface area (TPSA) is 61.4 Å². The summed E-state index contributed by atoms with van der Waals surface area (Å²) in [7, 11) is 0. The van der Waals surface area contributed by atoms with Gasteiger partial charge in [-0.2, -0.15) is 0 Å². The van der Waals surface area contributed by atoms with Gasteiger partial charge in [0.2, 0.25) is 0 Å². The average Bonchev–Trinajstić information content (AvgIpc) is 2.38. The summed E-state index contributed by atoms with van der Waals surface area (Å²) < 4.78 is 0. The van der Waals surface area contributed by atoms with Gasteiger partial charge in [0, 0.05) is 12.6 Å². The number of rotatable bonds is 7. The van der Waals surface area contributed by atoms with Crippen molar-refractivity contribution in [1.29, 1.82) is 0 Å². The molecular formula is C16H26N2O2. The minimum absolute atomic E-state index is 0.0794. The van der Waals surface area contributed by atoms with E-state index in [4.69, 9.17) is 0 Å². The van der Waals surface area contributed by atoms with Crippen LogP contribution in [0.1, 0.15) is 45.3 Å². The number of aliphatic hydroxyl groups excluding tert-OH is 1. The zero-order valence-electron chi connectivity index (χ0n) is 12.6. The smallest absolute Gasteiger partial charge is 0.314 e. The maximum atomic E-state index is 11.6. The highest BCUT2D eigenvalue weighted by atomic mass is 16.3. The molecule has 0 bridgehead atoms. The molecular weight excluding hydrogens is 252 g/mol. The first-order chi connectivity index (χ1) is 9.49. The Kier molecular flexibility index (Phi) is 7.09. The van der Waals surface area contributed by atoms with Gasteiger partial charge in [0.15, 0.2) is 0 Å². The fourth-order valence-electron chi connectivity index (χ4n) is 1.95. The Balaban J connectivity index is 2.29. The molecule has 2 amide bonds. The summed E-state index contributed by atoms with van der Waals surface area (Å²) in [5.41, 5.74) is 0.876. The molecule has 4 heteroatoms. The number of benzene rings is 1. The van der Waals surface area contributed by atoms with Crippen molar-refractivity contribution in [3.05, 3.63) is 35.9 Å². The van der Waals surface area contributed by atoms with Crippen LogP contribution in [-0.4, -0.2) is 23.7 Å². The van der Waals surface area contributed by atoms with Gasteiger partial charge in [0.25, 0.3) is 0 Å². The molecule has 1 aromatic carbocycles. The molecule has 0 spiro atoms. The summed E-state index contributed by atoms with van der Waals surface area (Å²) in [6.45, 7) is 6.82. The van der Waals surface area contributed by atoms with Gasteiger partial charge in [0.1, 0.15) is 0 Å². The third kappa shape index (κ3) is 6.57. The predicted octanol–water partition coefficient (Wildman–Crippen LogP) is 2.84. The van der Waals surface area contributed by atoms with E-state index in [1.54, 1.807) is 0 Å². The quantitative estimate of drug-likeness (QED) is 0.718. The number of carbonyl (C=O) groups excluding carboxylic acids is 1. The van der Waals surface area contributed by atoms with E-state index in [1.807, 2.05) is 37.3 Å². The largest absolute Gasteiger partial charge is 0.388 e. The van der Waals surface area contributed by atoms with Crippen LogP contribution in [0.25, 0.3) is 0 Å². The van der Waals surface area contributed by atoms with Crippen LogP contribution in [0.5, 0.6) is 0 Å². The van der Waals surface area contributed by atoms with Gasteiger partial charge in [0.05, 0.1) is 6.10 Å². The lowest BCUT2D eigenvalue weighted by Gasteiger charge is -2.18. The standard InChI is InChI=1S/C16H26N2O2/c1-12(2)9-10-17-16(20)18-13(3)11-15(19)14-7-5-4-6-8-14/h4-8,12-13,15,19H,9-11H2,1-3H3,(H2,17,18,20). The number of aliphatic hydroxyl groups is 1. The maximum absolute atomic E-state index is 11.6. The van der Waals surface area contributed by atoms with E-state index in [0.717, 1.165) is 12.0 Å². The zero-order valence-corrected chi connectivity index (χ0v) is 12.6. The Labute approximate surface area is 121 Å². The van der Waals surface area contributed by atoms with Gasteiger partial charge in [-0.15, -0.1) is 0 Å². The molecule has 112 valence electrons. The minimum Gasteiger partial charge on any atom is -0.388 e. The van der Waals surface area contributed by atoms with Crippen molar-refractivity contribution in [1.82, 2.24) is 10.6 Å². The van der Waals surface area contributed by atoms with E-state index in [1.165, 1.54) is 0 Å². The first-order valence-corrected chi connectivity index (χ1v) is 7.26. The fraction of sp³-hybridized carbons (Fsp3) is 0.562. The van der Waals surface area contributed by atoms with Crippen LogP contribution < -0.4 is 10.6 Å². The molecule has 0 saturated heterocycles. The van der Waals surface area contributed by atoms with Crippen LogP contribution >= 0.6 is 0 Å². The Morgan fingerprint density at radius 1 is 1.20 bits per heavy atom. The van der Waals surface area contributed by atoms with Crippen molar-refractivity contribution in [2.24, 2.45) is 5.92 Å². The van der Waals surface area contributed by atoms with E-state index in [-0.39, 0.29) is 12.1 Å². The lowest BCUT2D eigenvalue weighted by molar-refractivity contribution is 0.154. The minimum atomic E-state index is -0.554. The van der Waals surface area contributed by atoms with Gasteiger partial charge in [-0.1, -0.05) is 44.2 Å². The highest BCUT2D eigenvalue weighted by Gasteiger charge is 2.13. The van der Waals surface area contributed by atoms with E-state index in [9.17, 15) is 9.90 Å². The third-order valence-electron chi connectivity index (χ3n) is 3.15. The maximum Gasteiger partial charge on any atom is 0.314 e. The van der Waals surface area contributed by atoms with Crippen LogP contribution in [0.3, 0.4) is 0 Å². The second kappa shape index (κ2) is 8.59. The lowest BCUT2D eigenvalue weighted by Crippen LogP contribution is -2.41. The SMILES string of the molecule is CC(C)CCNC(=O)NC(C)CC(O)c1ccccc1. The number of amides is 2. The van der Waals surface area contributed by atoms with E-state index in [2.05, 4.69) is 24.5 Å². The Hall–Kier alpha value is -1.55. The van der Waals surface area contributed by atoms with Gasteiger partial charge < -0.3 is 15.7 Å². The van der Waals surface area contributed by atoms with E-state index >= 15 is 0 Å². The van der Waals surface area contributed by atoms with Gasteiger partial charge in [-0.05, 0) is 31.2 Å². The molecule has 20 heavy (non-hydrogen) atoms. The van der Waals surface area contributed by atoms with E-state index in [0.29, 0.717) is 18.9 Å². The molecule has 0 fully saturated rings. The van der Waals surface area contributed by atoms with Crippen molar-refractivity contribution < 1.29 is 9.90 Å².